The fourth-order valence-corrected chi connectivity index (χ4v) is 3.68. The van der Waals surface area contributed by atoms with Gasteiger partial charge in [-0.05, 0) is 40.2 Å². The molecular weight excluding hydrogens is 254 g/mol. The molecule has 116 valence electrons. The highest BCUT2D eigenvalue weighted by Crippen LogP contribution is 2.23. The zero-order valence-corrected chi connectivity index (χ0v) is 13.3. The number of methoxy groups -OCH3 is 1. The molecule has 2 rings (SSSR count). The Kier molecular flexibility index (Phi) is 5.04. The largest absolute Gasteiger partial charge is 0.468 e. The lowest BCUT2D eigenvalue weighted by atomic mass is 9.99. The normalized spacial score (nSPS) is 27.4. The maximum absolute atomic E-state index is 12.1. The van der Waals surface area contributed by atoms with E-state index in [2.05, 4.69) is 29.0 Å². The van der Waals surface area contributed by atoms with Gasteiger partial charge in [0, 0.05) is 38.3 Å². The summed E-state index contributed by atoms with van der Waals surface area (Å²) in [6.07, 6.45) is 2.61. The highest BCUT2D eigenvalue weighted by molar-refractivity contribution is 5.80. The summed E-state index contributed by atoms with van der Waals surface area (Å²) in [5, 5.41) is 3.38. The van der Waals surface area contributed by atoms with Gasteiger partial charge in [-0.25, -0.2) is 0 Å². The minimum Gasteiger partial charge on any atom is -0.468 e. The smallest absolute Gasteiger partial charge is 0.327 e. The second-order valence-corrected chi connectivity index (χ2v) is 6.69. The molecule has 0 bridgehead atoms. The van der Waals surface area contributed by atoms with Crippen molar-refractivity contribution < 1.29 is 9.53 Å². The lowest BCUT2D eigenvalue weighted by Crippen LogP contribution is -2.62. The Morgan fingerprint density at radius 3 is 2.80 bits per heavy atom. The lowest BCUT2D eigenvalue weighted by molar-refractivity contribution is -0.149. The van der Waals surface area contributed by atoms with Crippen molar-refractivity contribution in [3.63, 3.8) is 0 Å². The molecular formula is C15H29N3O2. The Labute approximate surface area is 122 Å². The molecule has 0 amide bonds. The number of nitrogens with zero attached hydrogens (tertiary/aromatic N) is 2. The Balaban J connectivity index is 1.98. The minimum absolute atomic E-state index is 0.167. The van der Waals surface area contributed by atoms with Crippen molar-refractivity contribution in [2.75, 3.05) is 39.8 Å². The topological polar surface area (TPSA) is 44.8 Å². The van der Waals surface area contributed by atoms with Crippen molar-refractivity contribution in [2.24, 2.45) is 0 Å². The lowest BCUT2D eigenvalue weighted by Gasteiger charge is -2.41. The van der Waals surface area contributed by atoms with Crippen LogP contribution >= 0.6 is 0 Å². The molecule has 0 aromatic rings. The van der Waals surface area contributed by atoms with E-state index in [-0.39, 0.29) is 12.0 Å². The van der Waals surface area contributed by atoms with Crippen LogP contribution in [0.5, 0.6) is 0 Å². The zero-order chi connectivity index (χ0) is 14.8. The summed E-state index contributed by atoms with van der Waals surface area (Å²) in [5.41, 5.74) is -0.621. The summed E-state index contributed by atoms with van der Waals surface area (Å²) in [5.74, 6) is -0.167. The minimum atomic E-state index is -0.621. The first kappa shape index (κ1) is 15.7. The molecule has 0 radical (unpaired) electrons. The van der Waals surface area contributed by atoms with Crippen LogP contribution in [0.25, 0.3) is 0 Å². The van der Waals surface area contributed by atoms with E-state index in [1.54, 1.807) is 0 Å². The Bertz CT molecular complexity index is 348. The van der Waals surface area contributed by atoms with Gasteiger partial charge in [0.05, 0.1) is 7.11 Å². The number of nitrogens with one attached hydrogen (secondary N) is 1. The molecule has 0 saturated carbocycles. The van der Waals surface area contributed by atoms with Gasteiger partial charge in [0.2, 0.25) is 0 Å². The van der Waals surface area contributed by atoms with E-state index in [1.807, 2.05) is 6.92 Å². The van der Waals surface area contributed by atoms with Gasteiger partial charge in [-0.15, -0.1) is 0 Å². The predicted molar refractivity (Wildman–Crippen MR) is 79.7 cm³/mol. The highest BCUT2D eigenvalue weighted by atomic mass is 16.5. The highest BCUT2D eigenvalue weighted by Gasteiger charge is 2.39. The van der Waals surface area contributed by atoms with Gasteiger partial charge < -0.3 is 4.74 Å². The third-order valence-electron chi connectivity index (χ3n) is 4.45. The molecule has 2 fully saturated rings. The second kappa shape index (κ2) is 6.41. The van der Waals surface area contributed by atoms with Crippen LogP contribution in [0.15, 0.2) is 0 Å². The molecule has 2 unspecified atom stereocenters. The van der Waals surface area contributed by atoms with E-state index in [0.29, 0.717) is 6.04 Å². The molecule has 2 saturated heterocycles. The number of fused-ring (bicyclic) bond motifs is 1. The molecule has 0 aromatic heterocycles. The molecule has 5 nitrogen and oxygen atoms in total. The number of carbonyl (C=O) groups is 1. The van der Waals surface area contributed by atoms with Crippen LogP contribution in [-0.4, -0.2) is 73.2 Å². The van der Waals surface area contributed by atoms with Crippen LogP contribution in [0.2, 0.25) is 0 Å². The number of ether oxygens (including phenoxy) is 1. The van der Waals surface area contributed by atoms with E-state index in [0.717, 1.165) is 26.2 Å². The SMILES string of the molecule is COC(=O)C(C)(CN1CCN2CCCC2C1)NC(C)C. The molecule has 2 atom stereocenters. The van der Waals surface area contributed by atoms with Crippen molar-refractivity contribution in [3.05, 3.63) is 0 Å². The summed E-state index contributed by atoms with van der Waals surface area (Å²) in [6.45, 7) is 11.3. The van der Waals surface area contributed by atoms with Crippen LogP contribution < -0.4 is 5.32 Å². The molecule has 5 heteroatoms. The third kappa shape index (κ3) is 3.51. The first-order valence-corrected chi connectivity index (χ1v) is 7.77. The first-order valence-electron chi connectivity index (χ1n) is 7.77. The molecule has 0 aromatic carbocycles. The van der Waals surface area contributed by atoms with Gasteiger partial charge in [-0.2, -0.15) is 0 Å². The van der Waals surface area contributed by atoms with Gasteiger partial charge in [-0.1, -0.05) is 0 Å². The summed E-state index contributed by atoms with van der Waals surface area (Å²) >= 11 is 0. The van der Waals surface area contributed by atoms with Gasteiger partial charge in [0.25, 0.3) is 0 Å². The molecule has 20 heavy (non-hydrogen) atoms. The van der Waals surface area contributed by atoms with Crippen molar-refractivity contribution in [3.8, 4) is 0 Å². The van der Waals surface area contributed by atoms with E-state index >= 15 is 0 Å². The molecule has 1 N–H and O–H groups in total. The molecule has 0 spiro atoms. The van der Waals surface area contributed by atoms with Crippen molar-refractivity contribution in [1.29, 1.82) is 0 Å². The monoisotopic (exact) mass is 283 g/mol. The number of hydrogen-bond acceptors (Lipinski definition) is 5. The van der Waals surface area contributed by atoms with Gasteiger partial charge in [0.1, 0.15) is 5.54 Å². The molecule has 2 aliphatic rings. The average Bonchev–Trinajstić information content (AvgIpc) is 2.84. The predicted octanol–water partition coefficient (Wildman–Crippen LogP) is 0.696. The van der Waals surface area contributed by atoms with E-state index in [1.165, 1.54) is 26.5 Å². The number of rotatable bonds is 5. The van der Waals surface area contributed by atoms with E-state index in [9.17, 15) is 4.79 Å². The fourth-order valence-electron chi connectivity index (χ4n) is 3.68. The first-order chi connectivity index (χ1) is 9.44. The standard InChI is InChI=1S/C15H29N3O2/c1-12(2)16-15(3,14(19)20-4)11-17-8-9-18-7-5-6-13(18)10-17/h12-13,16H,5-11H2,1-4H3. The third-order valence-corrected chi connectivity index (χ3v) is 4.45. The summed E-state index contributed by atoms with van der Waals surface area (Å²) in [7, 11) is 1.47. The number of piperazine rings is 1. The van der Waals surface area contributed by atoms with Gasteiger partial charge in [-0.3, -0.25) is 19.9 Å². The Morgan fingerprint density at radius 2 is 2.15 bits per heavy atom. The number of hydrogen-bond donors (Lipinski definition) is 1. The summed E-state index contributed by atoms with van der Waals surface area (Å²) < 4.78 is 5.01. The van der Waals surface area contributed by atoms with Crippen LogP contribution in [0.3, 0.4) is 0 Å². The van der Waals surface area contributed by atoms with Crippen LogP contribution in [0.1, 0.15) is 33.6 Å². The van der Waals surface area contributed by atoms with E-state index < -0.39 is 5.54 Å². The van der Waals surface area contributed by atoms with Crippen LogP contribution in [0, 0.1) is 0 Å². The van der Waals surface area contributed by atoms with Crippen LogP contribution in [0.4, 0.5) is 0 Å². The maximum Gasteiger partial charge on any atom is 0.327 e. The van der Waals surface area contributed by atoms with Crippen molar-refractivity contribution in [2.45, 2.75) is 51.2 Å². The van der Waals surface area contributed by atoms with Gasteiger partial charge >= 0.3 is 5.97 Å². The van der Waals surface area contributed by atoms with Crippen LogP contribution in [-0.2, 0) is 9.53 Å². The summed E-state index contributed by atoms with van der Waals surface area (Å²) in [4.78, 5) is 17.1. The number of carbonyl (C=O) groups excluding carboxylic acids is 1. The second-order valence-electron chi connectivity index (χ2n) is 6.69. The van der Waals surface area contributed by atoms with Gasteiger partial charge in [0.15, 0.2) is 0 Å². The van der Waals surface area contributed by atoms with E-state index in [4.69, 9.17) is 4.74 Å². The molecule has 2 heterocycles. The Hall–Kier alpha value is -0.650. The quantitative estimate of drug-likeness (QED) is 0.752. The summed E-state index contributed by atoms with van der Waals surface area (Å²) in [6, 6.07) is 0.941. The fraction of sp³-hybridized carbons (Fsp3) is 0.933. The van der Waals surface area contributed by atoms with Crippen molar-refractivity contribution in [1.82, 2.24) is 15.1 Å². The Morgan fingerprint density at radius 1 is 1.40 bits per heavy atom. The molecule has 0 aliphatic carbocycles. The zero-order valence-electron chi connectivity index (χ0n) is 13.3. The van der Waals surface area contributed by atoms with Crippen molar-refractivity contribution >= 4 is 5.97 Å². The maximum atomic E-state index is 12.1. The molecule has 2 aliphatic heterocycles. The number of esters is 1. The average molecular weight is 283 g/mol.